The monoisotopic (exact) mass is 450 g/mol. The van der Waals surface area contributed by atoms with Crippen molar-refractivity contribution in [3.8, 4) is 5.75 Å². The molecular weight excluding hydrogens is 420 g/mol. The van der Waals surface area contributed by atoms with Crippen molar-refractivity contribution in [2.24, 2.45) is 0 Å². The highest BCUT2D eigenvalue weighted by atomic mass is 16.5. The first-order valence-corrected chi connectivity index (χ1v) is 10.7. The second kappa shape index (κ2) is 9.36. The lowest BCUT2D eigenvalue weighted by Gasteiger charge is -2.24. The van der Waals surface area contributed by atoms with Crippen LogP contribution in [0.4, 0.5) is 11.5 Å². The number of aromatic nitrogens is 2. The molecule has 33 heavy (non-hydrogen) atoms. The molecule has 0 aliphatic rings. The van der Waals surface area contributed by atoms with Gasteiger partial charge in [-0.25, -0.2) is 4.79 Å². The molecule has 0 fully saturated rings. The summed E-state index contributed by atoms with van der Waals surface area (Å²) in [6.07, 6.45) is -0.890. The number of ether oxygens (including phenoxy) is 1. The van der Waals surface area contributed by atoms with Crippen LogP contribution in [0.5, 0.6) is 5.75 Å². The van der Waals surface area contributed by atoms with Crippen LogP contribution >= 0.6 is 0 Å². The molecule has 3 N–H and O–H groups in total. The van der Waals surface area contributed by atoms with Crippen molar-refractivity contribution in [2.75, 3.05) is 17.7 Å². The predicted octanol–water partition coefficient (Wildman–Crippen LogP) is 2.89. The van der Waals surface area contributed by atoms with Gasteiger partial charge in [0.15, 0.2) is 11.8 Å². The van der Waals surface area contributed by atoms with Gasteiger partial charge in [-0.3, -0.25) is 19.1 Å². The molecule has 3 rings (SSSR count). The molecule has 0 spiro atoms. The van der Waals surface area contributed by atoms with E-state index in [1.807, 2.05) is 48.5 Å². The lowest BCUT2D eigenvalue weighted by molar-refractivity contribution is -0.124. The van der Waals surface area contributed by atoms with Crippen molar-refractivity contribution in [3.05, 3.63) is 86.6 Å². The maximum absolute atomic E-state index is 13.1. The van der Waals surface area contributed by atoms with E-state index in [-0.39, 0.29) is 23.5 Å². The lowest BCUT2D eigenvalue weighted by atomic mass is 9.87. The third-order valence-electron chi connectivity index (χ3n) is 5.42. The number of anilines is 2. The van der Waals surface area contributed by atoms with Crippen LogP contribution in [0.1, 0.15) is 38.8 Å². The largest absolute Gasteiger partial charge is 0.481 e. The normalized spacial score (nSPS) is 12.3. The number of likely N-dealkylation sites (N-methyl/N-ethyl adjacent to an activating group) is 1. The van der Waals surface area contributed by atoms with Gasteiger partial charge >= 0.3 is 5.69 Å². The molecule has 8 nitrogen and oxygen atoms in total. The van der Waals surface area contributed by atoms with Crippen LogP contribution in [0, 0.1) is 0 Å². The Labute approximate surface area is 192 Å². The lowest BCUT2D eigenvalue weighted by Crippen LogP contribution is -2.43. The number of amides is 1. The van der Waals surface area contributed by atoms with E-state index >= 15 is 0 Å². The van der Waals surface area contributed by atoms with Crippen LogP contribution < -0.4 is 26.6 Å². The minimum atomic E-state index is -0.890. The number of nitrogens with zero attached hydrogens (tertiary/aromatic N) is 2. The molecule has 0 aliphatic carbocycles. The molecule has 1 amide bonds. The van der Waals surface area contributed by atoms with Gasteiger partial charge in [0.1, 0.15) is 11.6 Å². The Bertz CT molecular complexity index is 1260. The van der Waals surface area contributed by atoms with Crippen LogP contribution in [0.25, 0.3) is 0 Å². The molecule has 1 aromatic heterocycles. The molecule has 0 aliphatic heterocycles. The van der Waals surface area contributed by atoms with E-state index in [0.29, 0.717) is 5.75 Å². The molecule has 2 aromatic carbocycles. The molecule has 8 heteroatoms. The quantitative estimate of drug-likeness (QED) is 0.600. The van der Waals surface area contributed by atoms with E-state index in [4.69, 9.17) is 10.5 Å². The number of rotatable bonds is 6. The van der Waals surface area contributed by atoms with Gasteiger partial charge in [0, 0.05) is 7.05 Å². The fraction of sp³-hybridized carbons (Fsp3) is 0.320. The Balaban J connectivity index is 1.87. The Hall–Kier alpha value is -3.81. The molecule has 0 radical (unpaired) electrons. The number of carbonyl (C=O) groups is 1. The van der Waals surface area contributed by atoms with Crippen molar-refractivity contribution in [3.63, 3.8) is 0 Å². The summed E-state index contributed by atoms with van der Waals surface area (Å²) >= 11 is 0. The number of nitrogens with one attached hydrogen (secondary N) is 1. The third kappa shape index (κ3) is 5.34. The average molecular weight is 451 g/mol. The highest BCUT2D eigenvalue weighted by Gasteiger charge is 2.26. The Morgan fingerprint density at radius 1 is 1.12 bits per heavy atom. The van der Waals surface area contributed by atoms with Crippen molar-refractivity contribution in [1.82, 2.24) is 9.55 Å². The van der Waals surface area contributed by atoms with Crippen molar-refractivity contribution in [1.29, 1.82) is 0 Å². The third-order valence-corrected chi connectivity index (χ3v) is 5.42. The predicted molar refractivity (Wildman–Crippen MR) is 130 cm³/mol. The van der Waals surface area contributed by atoms with Gasteiger partial charge in [-0.05, 0) is 35.6 Å². The highest BCUT2D eigenvalue weighted by Crippen LogP contribution is 2.26. The maximum atomic E-state index is 13.1. The van der Waals surface area contributed by atoms with Crippen LogP contribution in [0.2, 0.25) is 0 Å². The average Bonchev–Trinajstić information content (AvgIpc) is 2.76. The maximum Gasteiger partial charge on any atom is 0.330 e. The van der Waals surface area contributed by atoms with Crippen LogP contribution in [0.3, 0.4) is 0 Å². The first-order chi connectivity index (χ1) is 15.5. The molecule has 0 bridgehead atoms. The number of H-pyrrole nitrogens is 1. The van der Waals surface area contributed by atoms with Gasteiger partial charge in [0.05, 0.1) is 6.54 Å². The van der Waals surface area contributed by atoms with Crippen molar-refractivity contribution >= 4 is 17.4 Å². The minimum absolute atomic E-state index is 0.0718. The number of aromatic amines is 1. The number of nitrogen functional groups attached to an aromatic ring is 1. The number of carbonyl (C=O) groups excluding carboxylic acids is 1. The standard InChI is InChI=1S/C25H30N4O4/c1-16(33-19-13-9-12-18(14-19)25(2,3)4)23(31)28(5)20-21(26)29(24(32)27-22(20)30)15-17-10-7-6-8-11-17/h6-14,16H,15,26H2,1-5H3,(H,27,30,32). The summed E-state index contributed by atoms with van der Waals surface area (Å²) in [5.41, 5.74) is 6.54. The van der Waals surface area contributed by atoms with Gasteiger partial charge in [-0.1, -0.05) is 63.2 Å². The van der Waals surface area contributed by atoms with Gasteiger partial charge in [0.2, 0.25) is 0 Å². The molecule has 1 unspecified atom stereocenters. The molecule has 0 saturated carbocycles. The van der Waals surface area contributed by atoms with Crippen LogP contribution in [0.15, 0.2) is 64.2 Å². The van der Waals surface area contributed by atoms with Gasteiger partial charge in [0.25, 0.3) is 11.5 Å². The summed E-state index contributed by atoms with van der Waals surface area (Å²) in [6, 6.07) is 16.8. The van der Waals surface area contributed by atoms with Crippen LogP contribution in [-0.4, -0.2) is 28.6 Å². The van der Waals surface area contributed by atoms with E-state index in [1.165, 1.54) is 11.6 Å². The number of hydrogen-bond donors (Lipinski definition) is 2. The van der Waals surface area contributed by atoms with Gasteiger partial charge < -0.3 is 15.4 Å². The van der Waals surface area contributed by atoms with Gasteiger partial charge in [-0.15, -0.1) is 0 Å². The smallest absolute Gasteiger partial charge is 0.330 e. The zero-order valence-corrected chi connectivity index (χ0v) is 19.6. The Morgan fingerprint density at radius 2 is 1.79 bits per heavy atom. The first kappa shape index (κ1) is 23.8. The molecular formula is C25H30N4O4. The Morgan fingerprint density at radius 3 is 2.42 bits per heavy atom. The van der Waals surface area contributed by atoms with E-state index in [1.54, 1.807) is 13.0 Å². The van der Waals surface area contributed by atoms with E-state index in [2.05, 4.69) is 25.8 Å². The summed E-state index contributed by atoms with van der Waals surface area (Å²) in [6.45, 7) is 8.03. The second-order valence-electron chi connectivity index (χ2n) is 9.00. The Kier molecular flexibility index (Phi) is 6.76. The van der Waals surface area contributed by atoms with Crippen molar-refractivity contribution < 1.29 is 9.53 Å². The van der Waals surface area contributed by atoms with E-state index < -0.39 is 23.3 Å². The molecule has 1 atom stereocenters. The number of benzene rings is 2. The van der Waals surface area contributed by atoms with Crippen molar-refractivity contribution in [2.45, 2.75) is 45.8 Å². The molecule has 3 aromatic rings. The van der Waals surface area contributed by atoms with E-state index in [9.17, 15) is 14.4 Å². The summed E-state index contributed by atoms with van der Waals surface area (Å²) in [7, 11) is 1.44. The number of hydrogen-bond acceptors (Lipinski definition) is 5. The number of nitrogens with two attached hydrogens (primary N) is 1. The molecule has 0 saturated heterocycles. The topological polar surface area (TPSA) is 110 Å². The molecule has 174 valence electrons. The second-order valence-corrected chi connectivity index (χ2v) is 9.00. The minimum Gasteiger partial charge on any atom is -0.481 e. The van der Waals surface area contributed by atoms with E-state index in [0.717, 1.165) is 16.0 Å². The summed E-state index contributed by atoms with van der Waals surface area (Å²) < 4.78 is 7.10. The summed E-state index contributed by atoms with van der Waals surface area (Å²) in [4.78, 5) is 41.4. The fourth-order valence-electron chi connectivity index (χ4n) is 3.50. The highest BCUT2D eigenvalue weighted by molar-refractivity contribution is 5.97. The van der Waals surface area contributed by atoms with Crippen LogP contribution in [-0.2, 0) is 16.8 Å². The summed E-state index contributed by atoms with van der Waals surface area (Å²) in [5, 5.41) is 0. The zero-order chi connectivity index (χ0) is 24.3. The molecule has 1 heterocycles. The SMILES string of the molecule is CC(Oc1cccc(C(C)(C)C)c1)C(=O)N(C)c1c(N)n(Cc2ccccc2)c(=O)[nH]c1=O. The fourth-order valence-corrected chi connectivity index (χ4v) is 3.50. The first-order valence-electron chi connectivity index (χ1n) is 10.7. The van der Waals surface area contributed by atoms with Gasteiger partial charge in [-0.2, -0.15) is 0 Å². The zero-order valence-electron chi connectivity index (χ0n) is 19.6. The summed E-state index contributed by atoms with van der Waals surface area (Å²) in [5.74, 6) is -0.0174.